The van der Waals surface area contributed by atoms with Crippen LogP contribution in [0.3, 0.4) is 0 Å². The average molecular weight is 460 g/mol. The van der Waals surface area contributed by atoms with Gasteiger partial charge >= 0.3 is 0 Å². The lowest BCUT2D eigenvalue weighted by molar-refractivity contribution is -0.126. The van der Waals surface area contributed by atoms with Crippen molar-refractivity contribution in [3.8, 4) is 5.75 Å². The normalized spacial score (nSPS) is 15.6. The molecule has 8 heteroatoms. The molecule has 1 heterocycles. The van der Waals surface area contributed by atoms with Gasteiger partial charge in [0.15, 0.2) is 0 Å². The van der Waals surface area contributed by atoms with Crippen LogP contribution in [0.2, 0.25) is 0 Å². The molecule has 0 aromatic heterocycles. The van der Waals surface area contributed by atoms with Gasteiger partial charge in [-0.15, -0.1) is 0 Å². The number of carbonyl (C=O) groups is 1. The summed E-state index contributed by atoms with van der Waals surface area (Å²) in [5.41, 5.74) is 2.57. The van der Waals surface area contributed by atoms with E-state index in [1.165, 1.54) is 41.7 Å². The number of rotatable bonds is 9. The van der Waals surface area contributed by atoms with Gasteiger partial charge in [-0.1, -0.05) is 29.8 Å². The lowest BCUT2D eigenvalue weighted by Gasteiger charge is -2.31. The number of sulfonamides is 1. The maximum atomic E-state index is 12.5. The van der Waals surface area contributed by atoms with E-state index < -0.39 is 10.0 Å². The Kier molecular flexibility index (Phi) is 8.28. The van der Waals surface area contributed by atoms with Crippen molar-refractivity contribution < 1.29 is 17.9 Å². The van der Waals surface area contributed by atoms with E-state index in [1.54, 1.807) is 12.1 Å². The second-order valence-electron chi connectivity index (χ2n) is 8.43. The van der Waals surface area contributed by atoms with Crippen molar-refractivity contribution in [2.45, 2.75) is 31.2 Å². The highest BCUT2D eigenvalue weighted by Crippen LogP contribution is 2.20. The van der Waals surface area contributed by atoms with Crippen LogP contribution >= 0.6 is 0 Å². The molecule has 1 N–H and O–H groups in total. The number of hydrogen-bond donors (Lipinski definition) is 1. The molecule has 0 spiro atoms. The van der Waals surface area contributed by atoms with Crippen LogP contribution < -0.4 is 10.1 Å². The molecular weight excluding hydrogens is 426 g/mol. The first-order chi connectivity index (χ1) is 15.3. The van der Waals surface area contributed by atoms with E-state index in [9.17, 15) is 13.2 Å². The van der Waals surface area contributed by atoms with Crippen LogP contribution in [-0.4, -0.2) is 63.9 Å². The van der Waals surface area contributed by atoms with Gasteiger partial charge in [-0.3, -0.25) is 9.69 Å². The maximum Gasteiger partial charge on any atom is 0.242 e. The Hall–Kier alpha value is -2.42. The van der Waals surface area contributed by atoms with Crippen molar-refractivity contribution >= 4 is 15.9 Å². The highest BCUT2D eigenvalue weighted by molar-refractivity contribution is 7.89. The van der Waals surface area contributed by atoms with Gasteiger partial charge in [0.05, 0.1) is 11.4 Å². The molecule has 0 atom stereocenters. The molecule has 3 rings (SSSR count). The van der Waals surface area contributed by atoms with Crippen LogP contribution in [-0.2, 0) is 21.4 Å². The number of aryl methyl sites for hydroxylation is 1. The van der Waals surface area contributed by atoms with Gasteiger partial charge in [-0.25, -0.2) is 12.7 Å². The molecule has 174 valence electrons. The van der Waals surface area contributed by atoms with Gasteiger partial charge < -0.3 is 10.1 Å². The zero-order chi connectivity index (χ0) is 23.1. The molecule has 1 fully saturated rings. The molecule has 7 nitrogen and oxygen atoms in total. The van der Waals surface area contributed by atoms with Gasteiger partial charge in [0.25, 0.3) is 0 Å². The SMILES string of the molecule is Cc1ccc(CN2CCC(C(=O)NCCOc3ccc(S(=O)(=O)N(C)C)cc3)CC2)cc1. The average Bonchev–Trinajstić information content (AvgIpc) is 2.79. The summed E-state index contributed by atoms with van der Waals surface area (Å²) in [5, 5.41) is 2.96. The molecule has 1 saturated heterocycles. The summed E-state index contributed by atoms with van der Waals surface area (Å²) >= 11 is 0. The summed E-state index contributed by atoms with van der Waals surface area (Å²) in [7, 11) is -0.456. The molecule has 2 aromatic rings. The monoisotopic (exact) mass is 459 g/mol. The third kappa shape index (κ3) is 6.54. The minimum atomic E-state index is -3.45. The van der Waals surface area contributed by atoms with E-state index in [0.717, 1.165) is 32.5 Å². The molecule has 0 radical (unpaired) electrons. The molecule has 0 saturated carbocycles. The largest absolute Gasteiger partial charge is 0.492 e. The lowest BCUT2D eigenvalue weighted by Crippen LogP contribution is -2.41. The van der Waals surface area contributed by atoms with Crippen molar-refractivity contribution in [2.24, 2.45) is 5.92 Å². The van der Waals surface area contributed by atoms with E-state index >= 15 is 0 Å². The lowest BCUT2D eigenvalue weighted by atomic mass is 9.95. The van der Waals surface area contributed by atoms with Crippen LogP contribution in [0, 0.1) is 12.8 Å². The predicted molar refractivity (Wildman–Crippen MR) is 125 cm³/mol. The van der Waals surface area contributed by atoms with Crippen molar-refractivity contribution in [3.05, 3.63) is 59.7 Å². The van der Waals surface area contributed by atoms with E-state index in [4.69, 9.17) is 4.74 Å². The predicted octanol–water partition coefficient (Wildman–Crippen LogP) is 2.65. The highest BCUT2D eigenvalue weighted by atomic mass is 32.2. The number of nitrogens with zero attached hydrogens (tertiary/aromatic N) is 2. The molecule has 1 aliphatic rings. The van der Waals surface area contributed by atoms with E-state index in [2.05, 4.69) is 41.4 Å². The van der Waals surface area contributed by atoms with Crippen molar-refractivity contribution in [1.82, 2.24) is 14.5 Å². The molecule has 2 aromatic carbocycles. The fraction of sp³-hybridized carbons (Fsp3) is 0.458. The third-order valence-electron chi connectivity index (χ3n) is 5.76. The standard InChI is InChI=1S/C24H33N3O4S/c1-19-4-6-20(7-5-19)18-27-15-12-21(13-16-27)24(28)25-14-17-31-22-8-10-23(11-9-22)32(29,30)26(2)3/h4-11,21H,12-18H2,1-3H3,(H,25,28). The number of piperidine rings is 1. The van der Waals surface area contributed by atoms with Crippen LogP contribution in [0.25, 0.3) is 0 Å². The summed E-state index contributed by atoms with van der Waals surface area (Å²) < 4.78 is 31.0. The second-order valence-corrected chi connectivity index (χ2v) is 10.6. The molecule has 0 unspecified atom stereocenters. The Morgan fingerprint density at radius 2 is 1.69 bits per heavy atom. The Labute approximate surface area is 191 Å². The fourth-order valence-electron chi connectivity index (χ4n) is 3.71. The minimum Gasteiger partial charge on any atom is -0.492 e. The Morgan fingerprint density at radius 1 is 1.06 bits per heavy atom. The number of amides is 1. The van der Waals surface area contributed by atoms with Gasteiger partial charge in [-0.05, 0) is 62.7 Å². The third-order valence-corrected chi connectivity index (χ3v) is 7.59. The zero-order valence-corrected chi connectivity index (χ0v) is 19.9. The maximum absolute atomic E-state index is 12.5. The summed E-state index contributed by atoms with van der Waals surface area (Å²) in [6.45, 7) is 5.61. The van der Waals surface area contributed by atoms with Gasteiger partial charge in [-0.2, -0.15) is 0 Å². The molecule has 0 aliphatic carbocycles. The van der Waals surface area contributed by atoms with Gasteiger partial charge in [0.2, 0.25) is 15.9 Å². The van der Waals surface area contributed by atoms with Crippen molar-refractivity contribution in [1.29, 1.82) is 0 Å². The Balaban J connectivity index is 1.35. The summed E-state index contributed by atoms with van der Waals surface area (Å²) in [4.78, 5) is 15.1. The van der Waals surface area contributed by atoms with Crippen molar-refractivity contribution in [3.63, 3.8) is 0 Å². The van der Waals surface area contributed by atoms with E-state index in [1.807, 2.05) is 0 Å². The number of nitrogens with one attached hydrogen (secondary N) is 1. The molecule has 0 bridgehead atoms. The first-order valence-corrected chi connectivity index (χ1v) is 12.4. The minimum absolute atomic E-state index is 0.0415. The number of hydrogen-bond acceptors (Lipinski definition) is 5. The molecule has 1 aliphatic heterocycles. The summed E-state index contributed by atoms with van der Waals surface area (Å²) in [6.07, 6.45) is 1.72. The first kappa shape index (κ1) is 24.2. The topological polar surface area (TPSA) is 79.0 Å². The van der Waals surface area contributed by atoms with E-state index in [0.29, 0.717) is 18.9 Å². The van der Waals surface area contributed by atoms with E-state index in [-0.39, 0.29) is 16.7 Å². The summed E-state index contributed by atoms with van der Waals surface area (Å²) in [6, 6.07) is 14.9. The van der Waals surface area contributed by atoms with Gasteiger partial charge in [0.1, 0.15) is 12.4 Å². The number of benzene rings is 2. The smallest absolute Gasteiger partial charge is 0.242 e. The molecular formula is C24H33N3O4S. The number of carbonyl (C=O) groups excluding carboxylic acids is 1. The number of likely N-dealkylation sites (tertiary alicyclic amines) is 1. The quantitative estimate of drug-likeness (QED) is 0.584. The van der Waals surface area contributed by atoms with Crippen LogP contribution in [0.5, 0.6) is 5.75 Å². The molecule has 32 heavy (non-hydrogen) atoms. The Bertz CT molecular complexity index is 981. The van der Waals surface area contributed by atoms with Gasteiger partial charge in [0, 0.05) is 26.6 Å². The summed E-state index contributed by atoms with van der Waals surface area (Å²) in [5.74, 6) is 0.692. The second kappa shape index (κ2) is 10.9. The fourth-order valence-corrected chi connectivity index (χ4v) is 4.61. The van der Waals surface area contributed by atoms with Crippen LogP contribution in [0.1, 0.15) is 24.0 Å². The Morgan fingerprint density at radius 3 is 2.28 bits per heavy atom. The van der Waals surface area contributed by atoms with Crippen molar-refractivity contribution in [2.75, 3.05) is 40.3 Å². The number of ether oxygens (including phenoxy) is 1. The zero-order valence-electron chi connectivity index (χ0n) is 19.1. The molecule has 1 amide bonds. The highest BCUT2D eigenvalue weighted by Gasteiger charge is 2.24. The van der Waals surface area contributed by atoms with Crippen LogP contribution in [0.15, 0.2) is 53.4 Å². The van der Waals surface area contributed by atoms with Crippen LogP contribution in [0.4, 0.5) is 0 Å². The first-order valence-electron chi connectivity index (χ1n) is 11.0.